The van der Waals surface area contributed by atoms with E-state index < -0.39 is 0 Å². The van der Waals surface area contributed by atoms with E-state index in [0.29, 0.717) is 0 Å². The summed E-state index contributed by atoms with van der Waals surface area (Å²) in [6, 6.07) is 62.5. The van der Waals surface area contributed by atoms with Crippen molar-refractivity contribution in [3.63, 3.8) is 0 Å². The zero-order valence-corrected chi connectivity index (χ0v) is 33.2. The first-order chi connectivity index (χ1) is 23.1. The van der Waals surface area contributed by atoms with Crippen molar-refractivity contribution in [2.75, 3.05) is 0 Å². The molecular formula is C49H44Hf. The molecule has 8 aromatic carbocycles. The summed E-state index contributed by atoms with van der Waals surface area (Å²) in [5.41, 5.74) is 12.8. The molecular weight excluding hydrogens is 767 g/mol. The number of rotatable bonds is 8. The maximum absolute atomic E-state index is 2.50. The predicted molar refractivity (Wildman–Crippen MR) is 215 cm³/mol. The van der Waals surface area contributed by atoms with Gasteiger partial charge in [-0.2, -0.15) is 0 Å². The molecule has 0 radical (unpaired) electrons. The van der Waals surface area contributed by atoms with Crippen molar-refractivity contribution in [1.82, 2.24) is 0 Å². The van der Waals surface area contributed by atoms with Gasteiger partial charge in [0, 0.05) is 0 Å². The van der Waals surface area contributed by atoms with Crippen molar-refractivity contribution >= 4 is 21.5 Å². The molecule has 0 aliphatic heterocycles. The third-order valence-corrected chi connectivity index (χ3v) is 10.1. The molecule has 1 heteroatoms. The van der Waals surface area contributed by atoms with E-state index in [-0.39, 0.29) is 46.1 Å². The van der Waals surface area contributed by atoms with Crippen molar-refractivity contribution in [3.05, 3.63) is 196 Å². The first-order valence-electron chi connectivity index (χ1n) is 16.8. The molecule has 0 atom stereocenters. The molecule has 0 aliphatic carbocycles. The zero-order chi connectivity index (χ0) is 31.8. The van der Waals surface area contributed by atoms with Crippen LogP contribution in [0.5, 0.6) is 0 Å². The van der Waals surface area contributed by atoms with E-state index >= 15 is 0 Å². The van der Waals surface area contributed by atoms with Gasteiger partial charge in [0.2, 0.25) is 0 Å². The van der Waals surface area contributed by atoms with E-state index in [9.17, 15) is 0 Å². The summed E-state index contributed by atoms with van der Waals surface area (Å²) < 4.78 is 0. The smallest absolute Gasteiger partial charge is 0.358 e. The zero-order valence-electron chi connectivity index (χ0n) is 29.6. The Morgan fingerprint density at radius 1 is 0.420 bits per heavy atom. The summed E-state index contributed by atoms with van der Waals surface area (Å²) in [7, 11) is 0. The minimum Gasteiger partial charge on any atom is -0.358 e. The molecule has 0 amide bonds. The predicted octanol–water partition coefficient (Wildman–Crippen LogP) is 14.1. The molecule has 0 saturated heterocycles. The number of hydrogen-bond acceptors (Lipinski definition) is 0. The molecule has 244 valence electrons. The van der Waals surface area contributed by atoms with E-state index in [1.165, 1.54) is 77.2 Å². The van der Waals surface area contributed by atoms with Gasteiger partial charge in [-0.15, -0.1) is 68.1 Å². The van der Waals surface area contributed by atoms with Crippen molar-refractivity contribution in [2.45, 2.75) is 32.1 Å². The van der Waals surface area contributed by atoms with E-state index in [2.05, 4.69) is 184 Å². The third kappa shape index (κ3) is 6.52. The van der Waals surface area contributed by atoms with Crippen LogP contribution < -0.4 is 0 Å². The van der Waals surface area contributed by atoms with Gasteiger partial charge in [-0.1, -0.05) is 183 Å². The van der Waals surface area contributed by atoms with Crippen LogP contribution in [-0.4, -0.2) is 0 Å². The SMILES string of the molecule is CCCC(C)(c1c(-c2ccc(-c3ccccc3)cc2)[cH-]c2ccccc12)c1c(-c2ccc(-c3ccccc3)cc2)[cH-]c2ccccc12.[CH3-].[CH3-].[Hf+4]. The van der Waals surface area contributed by atoms with Crippen LogP contribution in [0.3, 0.4) is 0 Å². The second-order valence-electron chi connectivity index (χ2n) is 13.0. The first kappa shape index (κ1) is 36.7. The van der Waals surface area contributed by atoms with E-state index in [1.54, 1.807) is 0 Å². The van der Waals surface area contributed by atoms with Crippen LogP contribution in [0.25, 0.3) is 66.1 Å². The van der Waals surface area contributed by atoms with Gasteiger partial charge in [-0.3, -0.25) is 0 Å². The van der Waals surface area contributed by atoms with Gasteiger partial charge in [-0.25, -0.2) is 0 Å². The van der Waals surface area contributed by atoms with E-state index in [0.717, 1.165) is 12.8 Å². The third-order valence-electron chi connectivity index (χ3n) is 10.1. The maximum Gasteiger partial charge on any atom is 4.00 e. The van der Waals surface area contributed by atoms with E-state index in [4.69, 9.17) is 0 Å². The van der Waals surface area contributed by atoms with E-state index in [1.807, 2.05) is 0 Å². The van der Waals surface area contributed by atoms with Gasteiger partial charge in [0.15, 0.2) is 0 Å². The fourth-order valence-electron chi connectivity index (χ4n) is 7.91. The Bertz CT molecular complexity index is 2120. The average molecular weight is 811 g/mol. The summed E-state index contributed by atoms with van der Waals surface area (Å²) in [6.45, 7) is 4.83. The molecule has 0 unspecified atom stereocenters. The van der Waals surface area contributed by atoms with Gasteiger partial charge in [-0.05, 0) is 27.7 Å². The summed E-state index contributed by atoms with van der Waals surface area (Å²) in [4.78, 5) is 0. The normalized spacial score (nSPS) is 11.1. The fraction of sp³-hybridized carbons (Fsp3) is 0.102. The Morgan fingerprint density at radius 3 is 1.12 bits per heavy atom. The Balaban J connectivity index is 0.00000162. The molecule has 0 bridgehead atoms. The summed E-state index contributed by atoms with van der Waals surface area (Å²) in [5.74, 6) is 0. The maximum atomic E-state index is 2.50. The van der Waals surface area contributed by atoms with Gasteiger partial charge in [0.05, 0.1) is 0 Å². The molecule has 0 saturated carbocycles. The van der Waals surface area contributed by atoms with Crippen molar-refractivity contribution in [3.8, 4) is 44.5 Å². The Hall–Kier alpha value is -4.59. The summed E-state index contributed by atoms with van der Waals surface area (Å²) in [5, 5.41) is 5.30. The quantitative estimate of drug-likeness (QED) is 0.106. The van der Waals surface area contributed by atoms with Crippen LogP contribution >= 0.6 is 0 Å². The number of fused-ring (bicyclic) bond motifs is 2. The van der Waals surface area contributed by atoms with Crippen molar-refractivity contribution in [1.29, 1.82) is 0 Å². The monoisotopic (exact) mass is 812 g/mol. The van der Waals surface area contributed by atoms with Crippen LogP contribution in [0.4, 0.5) is 0 Å². The minimum absolute atomic E-state index is 0. The molecule has 0 N–H and O–H groups in total. The van der Waals surface area contributed by atoms with Gasteiger partial charge < -0.3 is 14.9 Å². The molecule has 0 aliphatic rings. The molecule has 8 rings (SSSR count). The average Bonchev–Trinajstić information content (AvgIpc) is 3.73. The van der Waals surface area contributed by atoms with Crippen LogP contribution in [0.15, 0.2) is 170 Å². The van der Waals surface area contributed by atoms with Crippen LogP contribution in [0, 0.1) is 14.9 Å². The van der Waals surface area contributed by atoms with Crippen LogP contribution in [0.1, 0.15) is 37.8 Å². The molecule has 0 aromatic heterocycles. The van der Waals surface area contributed by atoms with Crippen molar-refractivity contribution in [2.24, 2.45) is 0 Å². The molecule has 50 heavy (non-hydrogen) atoms. The standard InChI is InChI=1S/C47H38.2CH3.Hf/c1-3-30-47(2,45-41-20-12-10-18-39(41)31-43(45)37-26-22-35(23-27-37)33-14-6-4-7-15-33)46-42-21-13-11-19-40(42)32-44(46)38-28-24-36(25-29-38)34-16-8-5-9-17-34;;;/h4-29,31-32H,3,30H2,1-2H3;2*1H3;/q-2;2*-1;+4. The summed E-state index contributed by atoms with van der Waals surface area (Å²) >= 11 is 0. The fourth-order valence-corrected chi connectivity index (χ4v) is 7.91. The summed E-state index contributed by atoms with van der Waals surface area (Å²) in [6.07, 6.45) is 2.12. The van der Waals surface area contributed by atoms with Gasteiger partial charge in [0.1, 0.15) is 0 Å². The largest absolute Gasteiger partial charge is 4.00 e. The molecule has 0 heterocycles. The van der Waals surface area contributed by atoms with Gasteiger partial charge in [0.25, 0.3) is 0 Å². The second-order valence-corrected chi connectivity index (χ2v) is 13.0. The van der Waals surface area contributed by atoms with Gasteiger partial charge >= 0.3 is 25.8 Å². The molecule has 0 fully saturated rings. The van der Waals surface area contributed by atoms with Crippen LogP contribution in [0.2, 0.25) is 0 Å². The topological polar surface area (TPSA) is 0 Å². The second kappa shape index (κ2) is 15.5. The number of benzene rings is 6. The Morgan fingerprint density at radius 2 is 0.740 bits per heavy atom. The Labute approximate surface area is 318 Å². The molecule has 0 spiro atoms. The van der Waals surface area contributed by atoms with Crippen LogP contribution in [-0.2, 0) is 31.3 Å². The Kier molecular flexibility index (Phi) is 11.4. The first-order valence-corrected chi connectivity index (χ1v) is 16.8. The molecule has 0 nitrogen and oxygen atoms in total. The van der Waals surface area contributed by atoms with Crippen molar-refractivity contribution < 1.29 is 25.8 Å². The minimum atomic E-state index is -0.234. The number of hydrogen-bond donors (Lipinski definition) is 0. The molecule has 8 aromatic rings.